The number of nitrogens with zero attached hydrogens (tertiary/aromatic N) is 5. The zero-order valence-electron chi connectivity index (χ0n) is 19.0. The molecular weight excluding hydrogens is 432 g/mol. The Bertz CT molecular complexity index is 1340. The normalized spacial score (nSPS) is 13.9. The second-order valence-electron chi connectivity index (χ2n) is 8.49. The number of nitrogens with two attached hydrogens (primary N) is 1. The maximum atomic E-state index is 13.6. The number of benzene rings is 1. The monoisotopic (exact) mass is 458 g/mol. The van der Waals surface area contributed by atoms with E-state index in [9.17, 15) is 9.59 Å². The molecule has 0 unspecified atom stereocenters. The molecule has 1 saturated heterocycles. The van der Waals surface area contributed by atoms with E-state index in [4.69, 9.17) is 10.2 Å². The molecule has 0 bridgehead atoms. The summed E-state index contributed by atoms with van der Waals surface area (Å²) in [6.45, 7) is 2.48. The fourth-order valence-corrected chi connectivity index (χ4v) is 4.47. The van der Waals surface area contributed by atoms with Crippen LogP contribution in [0, 0.1) is 0 Å². The quantitative estimate of drug-likeness (QED) is 0.474. The lowest BCUT2D eigenvalue weighted by Gasteiger charge is -2.31. The van der Waals surface area contributed by atoms with Gasteiger partial charge in [-0.3, -0.25) is 14.0 Å². The van der Waals surface area contributed by atoms with Crippen LogP contribution in [-0.2, 0) is 6.54 Å². The highest BCUT2D eigenvalue weighted by Gasteiger charge is 2.23. The van der Waals surface area contributed by atoms with E-state index >= 15 is 0 Å². The number of amides is 2. The van der Waals surface area contributed by atoms with Gasteiger partial charge in [-0.15, -0.1) is 0 Å². The van der Waals surface area contributed by atoms with Crippen LogP contribution in [0.5, 0.6) is 0 Å². The third kappa shape index (κ3) is 4.00. The van der Waals surface area contributed by atoms with Crippen molar-refractivity contribution in [2.45, 2.75) is 25.8 Å². The number of carbonyl (C=O) groups excluding carboxylic acids is 2. The maximum Gasteiger partial charge on any atom is 0.271 e. The van der Waals surface area contributed by atoms with Crippen LogP contribution in [0.25, 0.3) is 17.1 Å². The van der Waals surface area contributed by atoms with Gasteiger partial charge < -0.3 is 20.0 Å². The number of hydrogen-bond acceptors (Lipinski definition) is 6. The summed E-state index contributed by atoms with van der Waals surface area (Å²) in [5.41, 5.74) is 8.69. The van der Waals surface area contributed by atoms with Crippen molar-refractivity contribution in [1.82, 2.24) is 19.3 Å². The van der Waals surface area contributed by atoms with Gasteiger partial charge in [0.25, 0.3) is 11.8 Å². The van der Waals surface area contributed by atoms with Crippen LogP contribution < -0.4 is 10.6 Å². The predicted molar refractivity (Wildman–Crippen MR) is 128 cm³/mol. The lowest BCUT2D eigenvalue weighted by molar-refractivity contribution is 0.0777. The summed E-state index contributed by atoms with van der Waals surface area (Å²) in [7, 11) is 1.76. The number of imidazole rings is 1. The van der Waals surface area contributed by atoms with Crippen molar-refractivity contribution in [3.05, 3.63) is 72.0 Å². The molecule has 9 nitrogen and oxygen atoms in total. The molecule has 0 atom stereocenters. The van der Waals surface area contributed by atoms with Crippen molar-refractivity contribution in [2.75, 3.05) is 25.0 Å². The van der Waals surface area contributed by atoms with Crippen molar-refractivity contribution in [3.63, 3.8) is 0 Å². The van der Waals surface area contributed by atoms with Gasteiger partial charge in [0.15, 0.2) is 17.1 Å². The molecule has 9 heteroatoms. The maximum absolute atomic E-state index is 13.6. The highest BCUT2D eigenvalue weighted by Crippen LogP contribution is 2.26. The van der Waals surface area contributed by atoms with Crippen LogP contribution >= 0.6 is 0 Å². The zero-order chi connectivity index (χ0) is 23.7. The topological polar surface area (TPSA) is 110 Å². The van der Waals surface area contributed by atoms with Gasteiger partial charge in [-0.05, 0) is 49.1 Å². The number of aromatic nitrogens is 3. The van der Waals surface area contributed by atoms with Gasteiger partial charge in [0.1, 0.15) is 17.7 Å². The summed E-state index contributed by atoms with van der Waals surface area (Å²) >= 11 is 0. The van der Waals surface area contributed by atoms with Gasteiger partial charge in [0.05, 0.1) is 6.26 Å². The first-order chi connectivity index (χ1) is 16.5. The molecule has 0 radical (unpaired) electrons. The zero-order valence-corrected chi connectivity index (χ0v) is 19.0. The second kappa shape index (κ2) is 9.01. The Balaban J connectivity index is 1.51. The fraction of sp³-hybridized carbons (Fsp3) is 0.280. The molecule has 34 heavy (non-hydrogen) atoms. The van der Waals surface area contributed by atoms with E-state index in [-0.39, 0.29) is 17.2 Å². The molecule has 1 aromatic carbocycles. The minimum atomic E-state index is -0.714. The van der Waals surface area contributed by atoms with Gasteiger partial charge in [0.2, 0.25) is 0 Å². The van der Waals surface area contributed by atoms with Crippen LogP contribution in [0.15, 0.2) is 59.5 Å². The van der Waals surface area contributed by atoms with Crippen LogP contribution in [0.3, 0.4) is 0 Å². The molecule has 0 aliphatic carbocycles. The molecule has 5 rings (SSSR count). The van der Waals surface area contributed by atoms with E-state index in [2.05, 4.69) is 27.0 Å². The molecule has 4 heterocycles. The number of anilines is 1. The SMILES string of the molecule is CN(Cc1ccccc1N1CCCCC1)C(=O)c1cc(-c2ccco2)nc2c(C(N)=O)ncn12. The molecule has 3 aromatic heterocycles. The number of carbonyl (C=O) groups is 2. The van der Waals surface area contributed by atoms with E-state index in [1.165, 1.54) is 36.3 Å². The Kier molecular flexibility index (Phi) is 5.75. The third-order valence-corrected chi connectivity index (χ3v) is 6.17. The molecule has 174 valence electrons. The number of rotatable bonds is 6. The average molecular weight is 459 g/mol. The number of para-hydroxylation sites is 1. The summed E-state index contributed by atoms with van der Waals surface area (Å²) < 4.78 is 6.98. The van der Waals surface area contributed by atoms with Crippen molar-refractivity contribution < 1.29 is 14.0 Å². The molecule has 1 aliphatic heterocycles. The van der Waals surface area contributed by atoms with E-state index in [1.807, 2.05) is 12.1 Å². The van der Waals surface area contributed by atoms with E-state index in [0.29, 0.717) is 23.7 Å². The molecule has 2 N–H and O–H groups in total. The minimum Gasteiger partial charge on any atom is -0.463 e. The molecule has 4 aromatic rings. The second-order valence-corrected chi connectivity index (χ2v) is 8.49. The molecular formula is C25H26N6O3. The number of fused-ring (bicyclic) bond motifs is 1. The van der Waals surface area contributed by atoms with Crippen LogP contribution in [-0.4, -0.2) is 51.2 Å². The van der Waals surface area contributed by atoms with Gasteiger partial charge in [-0.1, -0.05) is 18.2 Å². The Morgan fingerprint density at radius 3 is 2.65 bits per heavy atom. The smallest absolute Gasteiger partial charge is 0.271 e. The fourth-order valence-electron chi connectivity index (χ4n) is 4.47. The standard InChI is InChI=1S/C25H26N6O3/c1-29(15-17-8-3-4-9-19(17)30-11-5-2-6-12-30)25(33)20-14-18(21-10-7-13-34-21)28-24-22(23(26)32)27-16-31(20)24/h3-4,7-10,13-14,16H,2,5-6,11-12,15H2,1H3,(H2,26,32). The Labute approximate surface area is 196 Å². The molecule has 0 saturated carbocycles. The summed E-state index contributed by atoms with van der Waals surface area (Å²) in [4.78, 5) is 38.2. The van der Waals surface area contributed by atoms with Gasteiger partial charge in [-0.25, -0.2) is 9.97 Å². The third-order valence-electron chi connectivity index (χ3n) is 6.17. The number of furan rings is 1. The van der Waals surface area contributed by atoms with Crippen molar-refractivity contribution in [1.29, 1.82) is 0 Å². The summed E-state index contributed by atoms with van der Waals surface area (Å²) in [6, 6.07) is 13.3. The highest BCUT2D eigenvalue weighted by molar-refractivity contribution is 5.99. The first kappa shape index (κ1) is 21.7. The van der Waals surface area contributed by atoms with E-state index < -0.39 is 5.91 Å². The van der Waals surface area contributed by atoms with Crippen LogP contribution in [0.1, 0.15) is 45.8 Å². The number of hydrogen-bond donors (Lipinski definition) is 1. The summed E-state index contributed by atoms with van der Waals surface area (Å²) in [5.74, 6) is -0.470. The number of primary amides is 1. The Morgan fingerprint density at radius 2 is 1.91 bits per heavy atom. The lowest BCUT2D eigenvalue weighted by Crippen LogP contribution is -2.32. The van der Waals surface area contributed by atoms with Crippen LogP contribution in [0.4, 0.5) is 5.69 Å². The molecule has 2 amide bonds. The minimum absolute atomic E-state index is 0.000512. The van der Waals surface area contributed by atoms with E-state index in [0.717, 1.165) is 24.3 Å². The van der Waals surface area contributed by atoms with Crippen molar-refractivity contribution in [3.8, 4) is 11.5 Å². The number of piperidine rings is 1. The summed E-state index contributed by atoms with van der Waals surface area (Å²) in [5, 5.41) is 0. The first-order valence-electron chi connectivity index (χ1n) is 11.3. The summed E-state index contributed by atoms with van der Waals surface area (Å²) in [6.07, 6.45) is 6.53. The Hall–Kier alpha value is -4.14. The Morgan fingerprint density at radius 1 is 1.12 bits per heavy atom. The first-order valence-corrected chi connectivity index (χ1v) is 11.3. The average Bonchev–Trinajstić information content (AvgIpc) is 3.54. The van der Waals surface area contributed by atoms with E-state index in [1.54, 1.807) is 30.1 Å². The van der Waals surface area contributed by atoms with Gasteiger partial charge in [0, 0.05) is 32.4 Å². The van der Waals surface area contributed by atoms with Crippen molar-refractivity contribution in [2.24, 2.45) is 5.73 Å². The molecule has 1 aliphatic rings. The largest absolute Gasteiger partial charge is 0.463 e. The van der Waals surface area contributed by atoms with Gasteiger partial charge >= 0.3 is 0 Å². The van der Waals surface area contributed by atoms with Crippen LogP contribution in [0.2, 0.25) is 0 Å². The molecule has 0 spiro atoms. The highest BCUT2D eigenvalue weighted by atomic mass is 16.3. The van der Waals surface area contributed by atoms with Gasteiger partial charge in [-0.2, -0.15) is 0 Å². The molecule has 1 fully saturated rings. The van der Waals surface area contributed by atoms with Crippen molar-refractivity contribution >= 4 is 23.1 Å². The lowest BCUT2D eigenvalue weighted by atomic mass is 10.1. The predicted octanol–water partition coefficient (Wildman–Crippen LogP) is 3.35.